The molecule has 0 saturated heterocycles. The number of methoxy groups -OCH3 is 2. The van der Waals surface area contributed by atoms with Crippen molar-refractivity contribution in [3.05, 3.63) is 71.8 Å². The molecule has 2 atom stereocenters. The van der Waals surface area contributed by atoms with Gasteiger partial charge in [-0.1, -0.05) is 37.3 Å². The molecule has 0 fully saturated rings. The monoisotopic (exact) mass is 524 g/mol. The van der Waals surface area contributed by atoms with Crippen LogP contribution < -0.4 is 14.2 Å². The van der Waals surface area contributed by atoms with Crippen LogP contribution in [0, 0.1) is 6.92 Å². The average Bonchev–Trinajstić information content (AvgIpc) is 3.28. The predicted octanol–water partition coefficient (Wildman–Crippen LogP) is 2.70. The van der Waals surface area contributed by atoms with Gasteiger partial charge in [-0.15, -0.1) is 10.2 Å². The van der Waals surface area contributed by atoms with Gasteiger partial charge in [0.05, 0.1) is 19.5 Å². The molecule has 37 heavy (non-hydrogen) atoms. The molecule has 0 aliphatic carbocycles. The largest absolute Gasteiger partial charge is 0.479 e. The van der Waals surface area contributed by atoms with Gasteiger partial charge in [-0.05, 0) is 25.0 Å². The van der Waals surface area contributed by atoms with Crippen LogP contribution in [-0.2, 0) is 16.4 Å². The highest BCUT2D eigenvalue weighted by Crippen LogP contribution is 2.33. The second-order valence-corrected chi connectivity index (χ2v) is 10.5. The maximum atomic E-state index is 13.5. The van der Waals surface area contributed by atoms with Crippen LogP contribution >= 0.6 is 0 Å². The average molecular weight is 525 g/mol. The lowest BCUT2D eigenvalue weighted by atomic mass is 10.1. The van der Waals surface area contributed by atoms with Crippen molar-refractivity contribution in [3.8, 4) is 17.4 Å². The Kier molecular flexibility index (Phi) is 7.62. The van der Waals surface area contributed by atoms with Crippen molar-refractivity contribution in [1.29, 1.82) is 0 Å². The Bertz CT molecular complexity index is 1440. The summed E-state index contributed by atoms with van der Waals surface area (Å²) in [6, 6.07) is 9.59. The number of aryl methyl sites for hydroxylation is 1. The van der Waals surface area contributed by atoms with Gasteiger partial charge in [0.15, 0.2) is 5.69 Å². The molecule has 0 aliphatic rings. The van der Waals surface area contributed by atoms with E-state index in [1.807, 2.05) is 37.3 Å². The summed E-state index contributed by atoms with van der Waals surface area (Å²) in [5.41, 5.74) is 2.10. The van der Waals surface area contributed by atoms with Gasteiger partial charge in [-0.25, -0.2) is 18.4 Å². The second kappa shape index (κ2) is 10.9. The van der Waals surface area contributed by atoms with Crippen LogP contribution in [0.2, 0.25) is 0 Å². The Hall–Kier alpha value is -4.13. The van der Waals surface area contributed by atoms with Crippen LogP contribution in [0.3, 0.4) is 0 Å². The minimum Gasteiger partial charge on any atom is -0.479 e. The van der Waals surface area contributed by atoms with Crippen LogP contribution in [0.1, 0.15) is 42.5 Å². The molecule has 0 spiro atoms. The Morgan fingerprint density at radius 3 is 2.16 bits per heavy atom. The Balaban J connectivity index is 1.77. The zero-order valence-electron chi connectivity index (χ0n) is 21.2. The van der Waals surface area contributed by atoms with Crippen LogP contribution in [-0.4, -0.2) is 62.6 Å². The lowest BCUT2D eigenvalue weighted by Gasteiger charge is -2.21. The number of rotatable bonds is 10. The Labute approximate surface area is 215 Å². The Morgan fingerprint density at radius 1 is 0.946 bits per heavy atom. The highest BCUT2D eigenvalue weighted by Gasteiger charge is 2.32. The molecule has 4 aromatic rings. The van der Waals surface area contributed by atoms with Gasteiger partial charge in [-0.3, -0.25) is 9.29 Å². The SMILES string of the molecule is COc1ncnc(OC)c1-n1c(Cc2ccccc2)nnc1NS(=O)(=O)[C@@H](C)[C@H](C)c1ncc(C)cn1. The fourth-order valence-electron chi connectivity index (χ4n) is 3.68. The summed E-state index contributed by atoms with van der Waals surface area (Å²) in [4.78, 5) is 16.9. The van der Waals surface area contributed by atoms with Gasteiger partial charge >= 0.3 is 0 Å². The van der Waals surface area contributed by atoms with E-state index in [-0.39, 0.29) is 23.4 Å². The van der Waals surface area contributed by atoms with Gasteiger partial charge in [0.2, 0.25) is 27.7 Å². The summed E-state index contributed by atoms with van der Waals surface area (Å²) in [7, 11) is -1.08. The maximum Gasteiger partial charge on any atom is 0.245 e. The third-order valence-corrected chi connectivity index (χ3v) is 7.79. The standard InChI is InChI=1S/C24H28N8O4S/c1-15-12-25-21(26-13-15)16(2)17(3)37(33,34)31-24-30-29-19(11-18-9-7-6-8-10-18)32(24)20-22(35-4)27-14-28-23(20)36-5/h6-10,12-14,16-17H,11H2,1-5H3,(H,30,31)/t16-,17-/m0/s1. The van der Waals surface area contributed by atoms with Crippen LogP contribution in [0.25, 0.3) is 5.69 Å². The number of nitrogens with zero attached hydrogens (tertiary/aromatic N) is 7. The summed E-state index contributed by atoms with van der Waals surface area (Å²) >= 11 is 0. The van der Waals surface area contributed by atoms with Gasteiger partial charge in [-0.2, -0.15) is 9.97 Å². The molecule has 4 rings (SSSR count). The molecule has 0 radical (unpaired) electrons. The minimum atomic E-state index is -3.98. The summed E-state index contributed by atoms with van der Waals surface area (Å²) in [6.07, 6.45) is 4.95. The molecule has 0 saturated carbocycles. The topological polar surface area (TPSA) is 147 Å². The van der Waals surface area contributed by atoms with Gasteiger partial charge in [0.25, 0.3) is 0 Å². The molecule has 0 aliphatic heterocycles. The molecule has 3 heterocycles. The number of anilines is 1. The number of nitrogens with one attached hydrogen (secondary N) is 1. The summed E-state index contributed by atoms with van der Waals surface area (Å²) in [6.45, 7) is 5.22. The van der Waals surface area contributed by atoms with E-state index >= 15 is 0 Å². The third kappa shape index (κ3) is 5.50. The van der Waals surface area contributed by atoms with E-state index in [9.17, 15) is 8.42 Å². The molecule has 3 aromatic heterocycles. The molecular formula is C24H28N8O4S. The van der Waals surface area contributed by atoms with Gasteiger partial charge < -0.3 is 9.47 Å². The van der Waals surface area contributed by atoms with Crippen LogP contribution in [0.4, 0.5) is 5.95 Å². The lowest BCUT2D eigenvalue weighted by molar-refractivity contribution is 0.368. The smallest absolute Gasteiger partial charge is 0.245 e. The molecule has 194 valence electrons. The quantitative estimate of drug-likeness (QED) is 0.328. The fraction of sp³-hybridized carbons (Fsp3) is 0.333. The van der Waals surface area contributed by atoms with Crippen molar-refractivity contribution in [2.24, 2.45) is 0 Å². The number of hydrogen-bond acceptors (Lipinski definition) is 10. The van der Waals surface area contributed by atoms with Crippen molar-refractivity contribution >= 4 is 16.0 Å². The first-order valence-electron chi connectivity index (χ1n) is 11.5. The molecular weight excluding hydrogens is 496 g/mol. The number of hydrogen-bond donors (Lipinski definition) is 1. The molecule has 0 amide bonds. The van der Waals surface area contributed by atoms with Crippen molar-refractivity contribution in [1.82, 2.24) is 34.7 Å². The van der Waals surface area contributed by atoms with Crippen molar-refractivity contribution < 1.29 is 17.9 Å². The fourth-order valence-corrected chi connectivity index (χ4v) is 4.92. The van der Waals surface area contributed by atoms with Gasteiger partial charge in [0.1, 0.15) is 18.0 Å². The molecule has 0 unspecified atom stereocenters. The van der Waals surface area contributed by atoms with Gasteiger partial charge in [0, 0.05) is 24.7 Å². The van der Waals surface area contributed by atoms with Crippen molar-refractivity contribution in [2.45, 2.75) is 38.4 Å². The van der Waals surface area contributed by atoms with Crippen LogP contribution in [0.5, 0.6) is 11.8 Å². The van der Waals surface area contributed by atoms with E-state index in [0.717, 1.165) is 11.1 Å². The molecule has 0 bridgehead atoms. The van der Waals surface area contributed by atoms with Crippen molar-refractivity contribution in [2.75, 3.05) is 18.9 Å². The van der Waals surface area contributed by atoms with E-state index in [2.05, 4.69) is 34.9 Å². The normalized spacial score (nSPS) is 13.1. The summed E-state index contributed by atoms with van der Waals surface area (Å²) in [5.74, 6) is 0.628. The zero-order chi connectivity index (χ0) is 26.6. The second-order valence-electron chi connectivity index (χ2n) is 8.44. The highest BCUT2D eigenvalue weighted by atomic mass is 32.2. The molecule has 12 nitrogen and oxygen atoms in total. The van der Waals surface area contributed by atoms with E-state index in [1.165, 1.54) is 25.1 Å². The first-order valence-corrected chi connectivity index (χ1v) is 13.0. The van der Waals surface area contributed by atoms with E-state index in [4.69, 9.17) is 9.47 Å². The van der Waals surface area contributed by atoms with E-state index in [0.29, 0.717) is 18.1 Å². The molecule has 1 aromatic carbocycles. The highest BCUT2D eigenvalue weighted by molar-refractivity contribution is 7.93. The number of ether oxygens (including phenoxy) is 2. The Morgan fingerprint density at radius 2 is 1.57 bits per heavy atom. The maximum absolute atomic E-state index is 13.5. The summed E-state index contributed by atoms with van der Waals surface area (Å²) < 4.78 is 42.0. The first kappa shape index (κ1) is 25.9. The molecule has 13 heteroatoms. The minimum absolute atomic E-state index is 0.0544. The number of sulfonamides is 1. The number of benzene rings is 1. The number of aromatic nitrogens is 7. The summed E-state index contributed by atoms with van der Waals surface area (Å²) in [5, 5.41) is 7.57. The first-order chi connectivity index (χ1) is 17.7. The van der Waals surface area contributed by atoms with Crippen molar-refractivity contribution in [3.63, 3.8) is 0 Å². The predicted molar refractivity (Wildman–Crippen MR) is 136 cm³/mol. The molecule has 1 N–H and O–H groups in total. The van der Waals surface area contributed by atoms with E-state index < -0.39 is 21.2 Å². The van der Waals surface area contributed by atoms with E-state index in [1.54, 1.807) is 26.2 Å². The lowest BCUT2D eigenvalue weighted by Crippen LogP contribution is -2.31. The zero-order valence-corrected chi connectivity index (χ0v) is 22.0. The third-order valence-electron chi connectivity index (χ3n) is 5.94. The van der Waals surface area contributed by atoms with Crippen LogP contribution in [0.15, 0.2) is 49.1 Å².